The predicted molar refractivity (Wildman–Crippen MR) is 95.6 cm³/mol. The average molecular weight is 335 g/mol. The van der Waals surface area contributed by atoms with Gasteiger partial charge in [0, 0.05) is 5.56 Å². The van der Waals surface area contributed by atoms with Gasteiger partial charge in [0.15, 0.2) is 0 Å². The highest BCUT2D eigenvalue weighted by Crippen LogP contribution is 2.19. The van der Waals surface area contributed by atoms with Gasteiger partial charge in [0.05, 0.1) is 5.54 Å². The number of hydrogen-bond donors (Lipinski definition) is 1. The summed E-state index contributed by atoms with van der Waals surface area (Å²) in [5, 5.41) is 15.3. The molecular weight excluding hydrogens is 314 g/mol. The molecule has 0 saturated carbocycles. The number of aryl methyl sites for hydroxylation is 1. The van der Waals surface area contributed by atoms with E-state index in [0.717, 1.165) is 11.1 Å². The summed E-state index contributed by atoms with van der Waals surface area (Å²) in [7, 11) is 0. The summed E-state index contributed by atoms with van der Waals surface area (Å²) in [5.41, 5.74) is 2.61. The van der Waals surface area contributed by atoms with Crippen LogP contribution in [0.25, 0.3) is 11.4 Å². The molecule has 1 heterocycles. The topological polar surface area (TPSA) is 72.7 Å². The first kappa shape index (κ1) is 16.8. The Morgan fingerprint density at radius 2 is 1.76 bits per heavy atom. The molecule has 0 aliphatic carbocycles. The van der Waals surface area contributed by atoms with Gasteiger partial charge >= 0.3 is 0 Å². The number of nitrogens with one attached hydrogen (secondary N) is 1. The highest BCUT2D eigenvalue weighted by Gasteiger charge is 2.23. The molecule has 128 valence electrons. The minimum absolute atomic E-state index is 0.0229. The van der Waals surface area contributed by atoms with Crippen LogP contribution in [0.3, 0.4) is 0 Å². The molecule has 0 unspecified atom stereocenters. The molecule has 2 aromatic carbocycles. The number of benzene rings is 2. The number of rotatable bonds is 5. The third-order valence-corrected chi connectivity index (χ3v) is 4.00. The molecule has 1 aromatic heterocycles. The Balaban J connectivity index is 1.66. The van der Waals surface area contributed by atoms with Crippen molar-refractivity contribution in [1.29, 1.82) is 0 Å². The van der Waals surface area contributed by atoms with Crippen molar-refractivity contribution < 1.29 is 4.79 Å². The van der Waals surface area contributed by atoms with Gasteiger partial charge in [-0.15, -0.1) is 10.2 Å². The molecule has 0 saturated heterocycles. The first-order valence-electron chi connectivity index (χ1n) is 8.15. The van der Waals surface area contributed by atoms with Crippen LogP contribution in [0, 0.1) is 6.92 Å². The number of aromatic nitrogens is 4. The Hall–Kier alpha value is -3.02. The molecule has 3 rings (SSSR count). The second-order valence-corrected chi connectivity index (χ2v) is 6.55. The summed E-state index contributed by atoms with van der Waals surface area (Å²) in [6, 6.07) is 17.7. The van der Waals surface area contributed by atoms with E-state index < -0.39 is 5.54 Å². The van der Waals surface area contributed by atoms with Crippen molar-refractivity contribution in [3.05, 3.63) is 65.7 Å². The summed E-state index contributed by atoms with van der Waals surface area (Å²) in [5.74, 6) is 0.344. The third-order valence-electron chi connectivity index (χ3n) is 4.00. The molecule has 0 fully saturated rings. The van der Waals surface area contributed by atoms with Gasteiger partial charge < -0.3 is 5.32 Å². The minimum Gasteiger partial charge on any atom is -0.345 e. The van der Waals surface area contributed by atoms with Crippen LogP contribution in [-0.4, -0.2) is 26.1 Å². The highest BCUT2D eigenvalue weighted by atomic mass is 16.2. The SMILES string of the molecule is Cc1ccc(-c2nnn(CC(=O)NC(C)(C)c3ccccc3)n2)cc1. The fraction of sp³-hybridized carbons (Fsp3) is 0.263. The van der Waals surface area contributed by atoms with E-state index in [-0.39, 0.29) is 12.5 Å². The van der Waals surface area contributed by atoms with E-state index in [2.05, 4.69) is 20.7 Å². The third kappa shape index (κ3) is 4.09. The van der Waals surface area contributed by atoms with Crippen LogP contribution < -0.4 is 5.32 Å². The smallest absolute Gasteiger partial charge is 0.244 e. The number of tetrazole rings is 1. The van der Waals surface area contributed by atoms with Gasteiger partial charge in [-0.2, -0.15) is 4.80 Å². The molecule has 6 heteroatoms. The molecule has 3 aromatic rings. The second kappa shape index (κ2) is 6.84. The van der Waals surface area contributed by atoms with E-state index in [4.69, 9.17) is 0 Å². The van der Waals surface area contributed by atoms with E-state index in [1.54, 1.807) is 0 Å². The van der Waals surface area contributed by atoms with Crippen molar-refractivity contribution in [1.82, 2.24) is 25.5 Å². The van der Waals surface area contributed by atoms with Crippen molar-refractivity contribution in [3.63, 3.8) is 0 Å². The zero-order valence-corrected chi connectivity index (χ0v) is 14.6. The molecular formula is C19H21N5O. The van der Waals surface area contributed by atoms with Gasteiger partial charge in [-0.05, 0) is 31.5 Å². The van der Waals surface area contributed by atoms with Crippen LogP contribution in [0.2, 0.25) is 0 Å². The summed E-state index contributed by atoms with van der Waals surface area (Å²) >= 11 is 0. The van der Waals surface area contributed by atoms with Gasteiger partial charge in [0.2, 0.25) is 11.7 Å². The quantitative estimate of drug-likeness (QED) is 0.778. The van der Waals surface area contributed by atoms with E-state index in [1.807, 2.05) is 75.4 Å². The molecule has 1 N–H and O–H groups in total. The standard InChI is InChI=1S/C19H21N5O/c1-14-9-11-15(12-10-14)18-21-23-24(22-18)13-17(25)20-19(2,3)16-7-5-4-6-8-16/h4-12H,13H2,1-3H3,(H,20,25). The average Bonchev–Trinajstić information content (AvgIpc) is 3.04. The molecule has 0 spiro atoms. The fourth-order valence-corrected chi connectivity index (χ4v) is 2.57. The number of nitrogens with zero attached hydrogens (tertiary/aromatic N) is 4. The van der Waals surface area contributed by atoms with E-state index in [9.17, 15) is 4.79 Å². The summed E-state index contributed by atoms with van der Waals surface area (Å²) < 4.78 is 0. The van der Waals surface area contributed by atoms with Crippen molar-refractivity contribution in [3.8, 4) is 11.4 Å². The van der Waals surface area contributed by atoms with Crippen LogP contribution in [-0.2, 0) is 16.9 Å². The molecule has 25 heavy (non-hydrogen) atoms. The van der Waals surface area contributed by atoms with Crippen LogP contribution in [0.15, 0.2) is 54.6 Å². The van der Waals surface area contributed by atoms with Crippen molar-refractivity contribution in [2.45, 2.75) is 32.9 Å². The molecule has 0 aliphatic rings. The monoisotopic (exact) mass is 335 g/mol. The summed E-state index contributed by atoms with van der Waals surface area (Å²) in [4.78, 5) is 13.7. The zero-order chi connectivity index (χ0) is 17.9. The maximum Gasteiger partial charge on any atom is 0.244 e. The molecule has 0 radical (unpaired) electrons. The molecule has 0 aliphatic heterocycles. The van der Waals surface area contributed by atoms with Crippen molar-refractivity contribution in [2.24, 2.45) is 0 Å². The van der Waals surface area contributed by atoms with Gasteiger partial charge in [0.25, 0.3) is 0 Å². The normalized spacial score (nSPS) is 11.3. The van der Waals surface area contributed by atoms with Crippen LogP contribution in [0.4, 0.5) is 0 Å². The van der Waals surface area contributed by atoms with Gasteiger partial charge in [-0.25, -0.2) is 0 Å². The second-order valence-electron chi connectivity index (χ2n) is 6.55. The minimum atomic E-state index is -0.474. The predicted octanol–water partition coefficient (Wildman–Crippen LogP) is 2.70. The largest absolute Gasteiger partial charge is 0.345 e. The van der Waals surface area contributed by atoms with Crippen LogP contribution in [0.1, 0.15) is 25.0 Å². The molecule has 0 atom stereocenters. The molecule has 0 bridgehead atoms. The molecule has 1 amide bonds. The molecule has 6 nitrogen and oxygen atoms in total. The lowest BCUT2D eigenvalue weighted by Gasteiger charge is -2.26. The first-order valence-corrected chi connectivity index (χ1v) is 8.15. The van der Waals surface area contributed by atoms with E-state index in [1.165, 1.54) is 10.4 Å². The number of carbonyl (C=O) groups is 1. The van der Waals surface area contributed by atoms with Crippen LogP contribution in [0.5, 0.6) is 0 Å². The Bertz CT molecular complexity index is 853. The maximum absolute atomic E-state index is 12.4. The summed E-state index contributed by atoms with van der Waals surface area (Å²) in [6.07, 6.45) is 0. The van der Waals surface area contributed by atoms with Crippen molar-refractivity contribution >= 4 is 5.91 Å². The maximum atomic E-state index is 12.4. The highest BCUT2D eigenvalue weighted by molar-refractivity contribution is 5.76. The number of carbonyl (C=O) groups excluding carboxylic acids is 1. The first-order chi connectivity index (χ1) is 11.9. The lowest BCUT2D eigenvalue weighted by molar-refractivity contribution is -0.123. The number of amides is 1. The Morgan fingerprint density at radius 1 is 1.08 bits per heavy atom. The van der Waals surface area contributed by atoms with Gasteiger partial charge in [-0.3, -0.25) is 4.79 Å². The number of hydrogen-bond acceptors (Lipinski definition) is 4. The van der Waals surface area contributed by atoms with Gasteiger partial charge in [-0.1, -0.05) is 60.2 Å². The lowest BCUT2D eigenvalue weighted by atomic mass is 9.94. The fourth-order valence-electron chi connectivity index (χ4n) is 2.57. The van der Waals surface area contributed by atoms with E-state index in [0.29, 0.717) is 5.82 Å². The summed E-state index contributed by atoms with van der Waals surface area (Å²) in [6.45, 7) is 5.97. The van der Waals surface area contributed by atoms with Crippen LogP contribution >= 0.6 is 0 Å². The lowest BCUT2D eigenvalue weighted by Crippen LogP contribution is -2.42. The Labute approximate surface area is 146 Å². The van der Waals surface area contributed by atoms with Gasteiger partial charge in [0.1, 0.15) is 6.54 Å². The van der Waals surface area contributed by atoms with Crippen molar-refractivity contribution in [2.75, 3.05) is 0 Å². The Kier molecular flexibility index (Phi) is 4.61. The zero-order valence-electron chi connectivity index (χ0n) is 14.6. The Morgan fingerprint density at radius 3 is 2.44 bits per heavy atom. The van der Waals surface area contributed by atoms with E-state index >= 15 is 0 Å².